The highest BCUT2D eigenvalue weighted by Gasteiger charge is 2.76. The molecule has 4 aliphatic rings. The van der Waals surface area contributed by atoms with Gasteiger partial charge in [-0.15, -0.1) is 0 Å². The van der Waals surface area contributed by atoms with Crippen LogP contribution in [0.15, 0.2) is 132 Å². The van der Waals surface area contributed by atoms with Crippen LogP contribution in [0.1, 0.15) is 96.0 Å². The van der Waals surface area contributed by atoms with Crippen molar-refractivity contribution in [3.8, 4) is 0 Å². The summed E-state index contributed by atoms with van der Waals surface area (Å²) < 4.78 is 42.3. The second-order valence-corrected chi connectivity index (χ2v) is 20.7. The number of hydrogen-bond donors (Lipinski definition) is 2. The average molecular weight is 986 g/mol. The van der Waals surface area contributed by atoms with Crippen molar-refractivity contribution >= 4 is 29.8 Å². The monoisotopic (exact) mass is 985 g/mol. The number of allylic oxidation sites excluding steroid dienone is 1. The topological polar surface area (TPSA) is 182 Å². The normalized spacial score (nSPS) is 29.1. The van der Waals surface area contributed by atoms with E-state index in [-0.39, 0.29) is 58.3 Å². The Morgan fingerprint density at radius 3 is 1.90 bits per heavy atom. The largest absolute Gasteiger partial charge is 0.508 e. The Hall–Kier alpha value is -6.19. The van der Waals surface area contributed by atoms with Gasteiger partial charge >= 0.3 is 18.2 Å². The zero-order valence-electron chi connectivity index (χ0n) is 42.2. The third-order valence-corrected chi connectivity index (χ3v) is 16.2. The molecule has 3 aliphatic carbocycles. The van der Waals surface area contributed by atoms with Gasteiger partial charge in [0.1, 0.15) is 44.1 Å². The van der Waals surface area contributed by atoms with Gasteiger partial charge in [-0.3, -0.25) is 14.4 Å². The van der Waals surface area contributed by atoms with Crippen molar-refractivity contribution in [1.82, 2.24) is 5.32 Å². The Morgan fingerprint density at radius 2 is 1.35 bits per heavy atom. The maximum atomic E-state index is 15.8. The number of Topliss-reactive ketones (excluding diaryl/α,β-unsaturated/α-hetero) is 2. The number of aliphatic hydroxyl groups is 1. The van der Waals surface area contributed by atoms with Crippen LogP contribution in [-0.2, 0) is 67.4 Å². The number of carbonyl (C=O) groups excluding carboxylic acids is 5. The number of carbonyl (C=O) groups is 5. The van der Waals surface area contributed by atoms with Crippen molar-refractivity contribution in [2.45, 2.75) is 123 Å². The van der Waals surface area contributed by atoms with Crippen LogP contribution < -0.4 is 5.32 Å². The fourth-order valence-electron chi connectivity index (χ4n) is 12.7. The highest BCUT2D eigenvalue weighted by molar-refractivity contribution is 5.92. The lowest BCUT2D eigenvalue weighted by Crippen LogP contribution is -2.79. The van der Waals surface area contributed by atoms with Crippen molar-refractivity contribution in [3.05, 3.63) is 155 Å². The molecule has 382 valence electrons. The minimum absolute atomic E-state index is 0.0109. The summed E-state index contributed by atoms with van der Waals surface area (Å²) in [4.78, 5) is 71.6. The van der Waals surface area contributed by atoms with Gasteiger partial charge < -0.3 is 43.6 Å². The first-order valence-electron chi connectivity index (χ1n) is 24.8. The van der Waals surface area contributed by atoms with Gasteiger partial charge in [0, 0.05) is 37.0 Å². The Morgan fingerprint density at radius 1 is 0.792 bits per heavy atom. The van der Waals surface area contributed by atoms with Crippen molar-refractivity contribution in [2.24, 2.45) is 34.5 Å². The van der Waals surface area contributed by atoms with Crippen LogP contribution in [0.25, 0.3) is 0 Å². The van der Waals surface area contributed by atoms with Crippen molar-refractivity contribution in [2.75, 3.05) is 13.4 Å². The summed E-state index contributed by atoms with van der Waals surface area (Å²) in [6.45, 7) is 12.2. The summed E-state index contributed by atoms with van der Waals surface area (Å²) in [7, 11) is 0. The average Bonchev–Trinajstić information content (AvgIpc) is 3.36. The van der Waals surface area contributed by atoms with Gasteiger partial charge in [-0.25, -0.2) is 9.59 Å². The number of esters is 1. The summed E-state index contributed by atoms with van der Waals surface area (Å²) in [6, 6.07) is 35.9. The molecule has 11 atom stereocenters. The fraction of sp³-hybridized carbons (Fsp3) is 0.466. The zero-order valence-corrected chi connectivity index (χ0v) is 42.2. The molecule has 1 aliphatic heterocycles. The molecule has 11 unspecified atom stereocenters. The second-order valence-electron chi connectivity index (χ2n) is 20.7. The van der Waals surface area contributed by atoms with Crippen molar-refractivity contribution < 1.29 is 62.2 Å². The first-order chi connectivity index (χ1) is 34.4. The standard InChI is InChI=1S/C58H67NO13/c1-36-44(28-45(61)50(70-35-66-31-40-20-12-8-13-21-40)49(43-26-18-11-19-27-43)59-53(63)67-32-41-22-14-9-15-23-41)30-58(65)38(3)51-56(7,52(62)37(2)48(36)55(58,5)6)46(29-47-57(51,34-69-47)72-39(4)60)71-54(64)68-33-42-24-16-10-17-25-42/h8-27,37-38,44,46-47,49-51,65H,28-35H2,1-7H3,(H,59,63). The summed E-state index contributed by atoms with van der Waals surface area (Å²) >= 11 is 0. The van der Waals surface area contributed by atoms with Gasteiger partial charge in [0.2, 0.25) is 0 Å². The summed E-state index contributed by atoms with van der Waals surface area (Å²) in [6.07, 6.45) is -4.97. The third-order valence-electron chi connectivity index (χ3n) is 16.2. The van der Waals surface area contributed by atoms with Gasteiger partial charge in [-0.1, -0.05) is 160 Å². The SMILES string of the molecule is CC(=O)OC12COC1CC(OC(=O)OCc1ccccc1)C1(C)C(=O)C(C)C3=C(C)C(CC(=O)C(OCOCc4ccccc4)C(NC(=O)OCc4ccccc4)c4ccccc4)CC(O)(C(C)C21)C3(C)C. The fourth-order valence-corrected chi connectivity index (χ4v) is 12.7. The van der Waals surface area contributed by atoms with E-state index in [4.69, 9.17) is 33.2 Å². The van der Waals surface area contributed by atoms with E-state index in [1.165, 1.54) is 6.92 Å². The molecule has 0 aromatic heterocycles. The maximum absolute atomic E-state index is 15.8. The molecule has 0 radical (unpaired) electrons. The molecule has 72 heavy (non-hydrogen) atoms. The number of benzene rings is 4. The van der Waals surface area contributed by atoms with Crippen LogP contribution in [0.5, 0.6) is 0 Å². The van der Waals surface area contributed by atoms with Crippen LogP contribution >= 0.6 is 0 Å². The van der Waals surface area contributed by atoms with Gasteiger partial charge in [0.15, 0.2) is 11.4 Å². The number of ketones is 2. The van der Waals surface area contributed by atoms with Crippen molar-refractivity contribution in [1.29, 1.82) is 0 Å². The maximum Gasteiger partial charge on any atom is 0.508 e. The van der Waals surface area contributed by atoms with Gasteiger partial charge in [-0.05, 0) is 54.4 Å². The van der Waals surface area contributed by atoms with Crippen LogP contribution in [0.3, 0.4) is 0 Å². The minimum atomic E-state index is -1.66. The van der Waals surface area contributed by atoms with Gasteiger partial charge in [0.05, 0.1) is 30.3 Å². The van der Waals surface area contributed by atoms with E-state index in [0.717, 1.165) is 22.3 Å². The van der Waals surface area contributed by atoms with E-state index >= 15 is 9.59 Å². The molecule has 1 saturated heterocycles. The quantitative estimate of drug-likeness (QED) is 0.0336. The number of ether oxygens (including phenoxy) is 7. The lowest BCUT2D eigenvalue weighted by Gasteiger charge is -2.68. The Balaban J connectivity index is 1.14. The van der Waals surface area contributed by atoms with Crippen LogP contribution in [0, 0.1) is 34.5 Å². The first kappa shape index (κ1) is 52.1. The summed E-state index contributed by atoms with van der Waals surface area (Å²) in [5, 5.41) is 16.7. The second kappa shape index (κ2) is 21.5. The lowest BCUT2D eigenvalue weighted by molar-refractivity contribution is -0.338. The Kier molecular flexibility index (Phi) is 15.6. The number of hydrogen-bond acceptors (Lipinski definition) is 13. The van der Waals surface area contributed by atoms with E-state index in [1.54, 1.807) is 38.1 Å². The molecule has 1 heterocycles. The molecule has 14 heteroatoms. The Bertz CT molecular complexity index is 2610. The zero-order chi connectivity index (χ0) is 51.4. The molecule has 4 aromatic carbocycles. The van der Waals surface area contributed by atoms with Gasteiger partial charge in [0.25, 0.3) is 0 Å². The minimum Gasteiger partial charge on any atom is -0.454 e. The van der Waals surface area contributed by atoms with Gasteiger partial charge in [-0.2, -0.15) is 0 Å². The van der Waals surface area contributed by atoms with Crippen molar-refractivity contribution in [3.63, 3.8) is 0 Å². The lowest BCUT2D eigenvalue weighted by atomic mass is 9.41. The Labute approximate surface area is 421 Å². The number of nitrogens with one attached hydrogen (secondary N) is 1. The van der Waals surface area contributed by atoms with E-state index in [9.17, 15) is 19.5 Å². The molecular weight excluding hydrogens is 919 g/mol. The first-order valence-corrected chi connectivity index (χ1v) is 24.8. The molecule has 1 amide bonds. The molecule has 14 nitrogen and oxygen atoms in total. The number of alkyl carbamates (subject to hydrolysis) is 1. The highest BCUT2D eigenvalue weighted by Crippen LogP contribution is 2.67. The molecule has 2 N–H and O–H groups in total. The molecule has 3 fully saturated rings. The molecule has 4 aromatic rings. The molecule has 2 bridgehead atoms. The molecule has 0 spiro atoms. The molecule has 8 rings (SSSR count). The van der Waals surface area contributed by atoms with Crippen LogP contribution in [-0.4, -0.2) is 77.8 Å². The van der Waals surface area contributed by atoms with E-state index < -0.39 is 94.1 Å². The van der Waals surface area contributed by atoms with E-state index in [2.05, 4.69) is 5.32 Å². The molecular formula is C58H67NO13. The van der Waals surface area contributed by atoms with Crippen LogP contribution in [0.2, 0.25) is 0 Å². The van der Waals surface area contributed by atoms with E-state index in [0.29, 0.717) is 11.1 Å². The molecule has 2 saturated carbocycles. The third kappa shape index (κ3) is 10.1. The predicted octanol–water partition coefficient (Wildman–Crippen LogP) is 9.57. The summed E-state index contributed by atoms with van der Waals surface area (Å²) in [5.41, 5.74) is -1.20. The smallest absolute Gasteiger partial charge is 0.454 e. The van der Waals surface area contributed by atoms with Crippen LogP contribution in [0.4, 0.5) is 9.59 Å². The van der Waals surface area contributed by atoms with E-state index in [1.807, 2.05) is 125 Å². The number of amides is 1. The highest BCUT2D eigenvalue weighted by atomic mass is 16.7. The summed E-state index contributed by atoms with van der Waals surface area (Å²) in [5.74, 6) is -4.52. The predicted molar refractivity (Wildman–Crippen MR) is 264 cm³/mol. The number of rotatable bonds is 17. The number of fused-ring (bicyclic) bond motifs is 5.